The Morgan fingerprint density at radius 2 is 0.772 bits per heavy atom. The van der Waals surface area contributed by atoms with Gasteiger partial charge in [-0.25, -0.2) is 0 Å². The van der Waals surface area contributed by atoms with Gasteiger partial charge in [-0.15, -0.1) is 0 Å². The van der Waals surface area contributed by atoms with Crippen LogP contribution >= 0.6 is 0 Å². The highest BCUT2D eigenvalue weighted by Crippen LogP contribution is 2.55. The summed E-state index contributed by atoms with van der Waals surface area (Å²) in [6, 6.07) is 55.1. The zero-order valence-corrected chi connectivity index (χ0v) is 32.5. The number of rotatable bonds is 9. The first-order valence-corrected chi connectivity index (χ1v) is 20.3. The third kappa shape index (κ3) is 5.71. The molecule has 0 amide bonds. The van der Waals surface area contributed by atoms with Gasteiger partial charge < -0.3 is 15.3 Å². The Morgan fingerprint density at radius 1 is 0.386 bits per heavy atom. The van der Waals surface area contributed by atoms with E-state index >= 15 is 0 Å². The van der Waals surface area contributed by atoms with Crippen LogP contribution in [0.15, 0.2) is 152 Å². The van der Waals surface area contributed by atoms with Gasteiger partial charge in [0.25, 0.3) is 0 Å². The predicted octanol–water partition coefficient (Wildman–Crippen LogP) is 12.8. The summed E-state index contributed by atoms with van der Waals surface area (Å²) in [5.74, 6) is 0.286. The first kappa shape index (κ1) is 35.4. The number of hydrogen-bond donors (Lipinski definition) is 3. The molecule has 0 bridgehead atoms. The number of hydrogen-bond acceptors (Lipinski definition) is 3. The smallest absolute Gasteiger partial charge is 0.116 e. The minimum Gasteiger partial charge on any atom is -0.508 e. The summed E-state index contributed by atoms with van der Waals surface area (Å²) in [5, 5.41) is 34.4. The van der Waals surface area contributed by atoms with E-state index in [1.54, 1.807) is 12.1 Å². The van der Waals surface area contributed by atoms with E-state index in [4.69, 9.17) is 0 Å². The molecule has 0 saturated carbocycles. The summed E-state index contributed by atoms with van der Waals surface area (Å²) in [6.07, 6.45) is 3.14. The van der Waals surface area contributed by atoms with E-state index in [0.29, 0.717) is 0 Å². The topological polar surface area (TPSA) is 60.7 Å². The van der Waals surface area contributed by atoms with Crippen LogP contribution in [-0.4, -0.2) is 28.5 Å². The first-order chi connectivity index (χ1) is 27.8. The molecule has 10 rings (SSSR count). The Labute approximate surface area is 334 Å². The highest BCUT2D eigenvalue weighted by atomic mass is 16.3. The van der Waals surface area contributed by atoms with Crippen molar-refractivity contribution in [3.63, 3.8) is 0 Å². The van der Waals surface area contributed by atoms with Crippen LogP contribution in [0.2, 0.25) is 0 Å². The minimum atomic E-state index is -0.232. The minimum absolute atomic E-state index is 0.156. The van der Waals surface area contributed by atoms with Gasteiger partial charge in [-0.3, -0.25) is 0 Å². The fourth-order valence-corrected chi connectivity index (χ4v) is 10.2. The SMILES string of the molecule is CC1(C)c2cc(-c3ccc4c(c3)C(CCCO)(CCCO)c3ccccc3-4)ccc2-c2ccc(-c3ccc4cc(-c5ccc6cc(O)ccc6c5)ccc4c3)cc21. The second kappa shape index (κ2) is 13.6. The van der Waals surface area contributed by atoms with Gasteiger partial charge in [-0.1, -0.05) is 117 Å². The Kier molecular flexibility index (Phi) is 8.44. The van der Waals surface area contributed by atoms with Crippen molar-refractivity contribution in [2.45, 2.75) is 50.4 Å². The lowest BCUT2D eigenvalue weighted by Gasteiger charge is -2.32. The van der Waals surface area contributed by atoms with E-state index in [1.807, 2.05) is 6.07 Å². The van der Waals surface area contributed by atoms with Crippen molar-refractivity contribution in [2.24, 2.45) is 0 Å². The second-order valence-electron chi connectivity index (χ2n) is 16.7. The maximum Gasteiger partial charge on any atom is 0.116 e. The van der Waals surface area contributed by atoms with Gasteiger partial charge in [-0.2, -0.15) is 0 Å². The number of phenols is 1. The number of aromatic hydroxyl groups is 1. The van der Waals surface area contributed by atoms with Gasteiger partial charge in [0.15, 0.2) is 0 Å². The Morgan fingerprint density at radius 3 is 1.28 bits per heavy atom. The molecule has 3 N–H and O–H groups in total. The molecule has 8 aromatic carbocycles. The average Bonchev–Trinajstić information content (AvgIpc) is 3.65. The van der Waals surface area contributed by atoms with Crippen LogP contribution in [-0.2, 0) is 10.8 Å². The summed E-state index contributed by atoms with van der Waals surface area (Å²) in [7, 11) is 0. The lowest BCUT2D eigenvalue weighted by molar-refractivity contribution is 0.247. The molecule has 0 spiro atoms. The number of aliphatic hydroxyl groups excluding tert-OH is 2. The fourth-order valence-electron chi connectivity index (χ4n) is 10.2. The molecule has 0 fully saturated rings. The molecular weight excluding hydrogens is 697 g/mol. The summed E-state index contributed by atoms with van der Waals surface area (Å²) < 4.78 is 0. The van der Waals surface area contributed by atoms with Crippen molar-refractivity contribution in [2.75, 3.05) is 13.2 Å². The Bertz CT molecular complexity index is 2870. The monoisotopic (exact) mass is 742 g/mol. The summed E-state index contributed by atoms with van der Waals surface area (Å²) in [6.45, 7) is 5.03. The molecule has 2 aliphatic rings. The summed E-state index contributed by atoms with van der Waals surface area (Å²) in [4.78, 5) is 0. The molecule has 0 aliphatic heterocycles. The van der Waals surface area contributed by atoms with E-state index in [1.165, 1.54) is 83.1 Å². The van der Waals surface area contributed by atoms with Gasteiger partial charge >= 0.3 is 0 Å². The molecule has 8 aromatic rings. The van der Waals surface area contributed by atoms with E-state index in [-0.39, 0.29) is 29.8 Å². The lowest BCUT2D eigenvalue weighted by atomic mass is 9.71. The quantitative estimate of drug-likeness (QED) is 0.138. The largest absolute Gasteiger partial charge is 0.508 e. The van der Waals surface area contributed by atoms with E-state index in [9.17, 15) is 15.3 Å². The van der Waals surface area contributed by atoms with Crippen LogP contribution in [0.4, 0.5) is 0 Å². The van der Waals surface area contributed by atoms with Gasteiger partial charge in [0.05, 0.1) is 0 Å². The zero-order valence-electron chi connectivity index (χ0n) is 32.5. The fraction of sp³-hybridized carbons (Fsp3) is 0.185. The molecular formula is C54H46O3. The second-order valence-corrected chi connectivity index (χ2v) is 16.7. The Balaban J connectivity index is 0.971. The normalized spacial score (nSPS) is 14.4. The number of phenolic OH excluding ortho intramolecular Hbond substituents is 1. The van der Waals surface area contributed by atoms with Gasteiger partial charge in [-0.05, 0) is 174 Å². The highest BCUT2D eigenvalue weighted by Gasteiger charge is 2.42. The highest BCUT2D eigenvalue weighted by molar-refractivity contribution is 5.94. The molecule has 0 atom stereocenters. The van der Waals surface area contributed by atoms with E-state index < -0.39 is 0 Å². The first-order valence-electron chi connectivity index (χ1n) is 20.3. The summed E-state index contributed by atoms with van der Waals surface area (Å²) >= 11 is 0. The number of aliphatic hydroxyl groups is 2. The number of benzene rings is 8. The van der Waals surface area contributed by atoms with Crippen molar-refractivity contribution in [1.29, 1.82) is 0 Å². The van der Waals surface area contributed by atoms with Crippen molar-refractivity contribution < 1.29 is 15.3 Å². The molecule has 57 heavy (non-hydrogen) atoms. The van der Waals surface area contributed by atoms with E-state index in [2.05, 4.69) is 147 Å². The molecule has 3 nitrogen and oxygen atoms in total. The van der Waals surface area contributed by atoms with Gasteiger partial charge in [0.1, 0.15) is 5.75 Å². The molecule has 3 heteroatoms. The molecule has 0 aromatic heterocycles. The third-order valence-corrected chi connectivity index (χ3v) is 13.1. The lowest BCUT2D eigenvalue weighted by Crippen LogP contribution is -2.26. The zero-order chi connectivity index (χ0) is 38.9. The predicted molar refractivity (Wildman–Crippen MR) is 236 cm³/mol. The summed E-state index contributed by atoms with van der Waals surface area (Å²) in [5.41, 5.74) is 17.3. The van der Waals surface area contributed by atoms with Crippen molar-refractivity contribution in [1.82, 2.24) is 0 Å². The van der Waals surface area contributed by atoms with Crippen LogP contribution in [0.5, 0.6) is 5.75 Å². The van der Waals surface area contributed by atoms with Crippen molar-refractivity contribution in [3.05, 3.63) is 174 Å². The Hall–Kier alpha value is -6.00. The van der Waals surface area contributed by atoms with Crippen LogP contribution in [0.3, 0.4) is 0 Å². The molecule has 0 heterocycles. The molecule has 0 radical (unpaired) electrons. The average molecular weight is 743 g/mol. The van der Waals surface area contributed by atoms with Crippen LogP contribution < -0.4 is 0 Å². The van der Waals surface area contributed by atoms with Crippen LogP contribution in [0.1, 0.15) is 61.8 Å². The van der Waals surface area contributed by atoms with Gasteiger partial charge in [0, 0.05) is 24.0 Å². The maximum atomic E-state index is 9.95. The standard InChI is InChI=1S/C54H46O3/c1-53(2)50-31-41(38-12-11-35-27-34(9-10-36(35)28-38)37-13-14-40-30-44(57)19-15-39(40)29-37)16-20-46(50)47-21-17-42(32-51(47)53)43-18-22-48-45-7-3-4-8-49(45)54(23-5-25-55,24-6-26-56)52(48)33-43/h3-4,7-22,27-33,55-57H,5-6,23-26H2,1-2H3. The van der Waals surface area contributed by atoms with Gasteiger partial charge in [0.2, 0.25) is 0 Å². The molecule has 280 valence electrons. The maximum absolute atomic E-state index is 9.95. The van der Waals surface area contributed by atoms with E-state index in [0.717, 1.165) is 42.0 Å². The molecule has 2 aliphatic carbocycles. The van der Waals surface area contributed by atoms with Crippen LogP contribution in [0, 0.1) is 0 Å². The number of fused-ring (bicyclic) bond motifs is 8. The van der Waals surface area contributed by atoms with Crippen LogP contribution in [0.25, 0.3) is 77.2 Å². The van der Waals surface area contributed by atoms with Crippen molar-refractivity contribution in [3.8, 4) is 61.4 Å². The molecule has 0 saturated heterocycles. The molecule has 0 unspecified atom stereocenters. The van der Waals surface area contributed by atoms with Crippen molar-refractivity contribution >= 4 is 21.5 Å². The third-order valence-electron chi connectivity index (χ3n) is 13.1.